The van der Waals surface area contributed by atoms with Crippen molar-refractivity contribution in [3.05, 3.63) is 0 Å². The van der Waals surface area contributed by atoms with E-state index >= 15 is 0 Å². The first-order valence-electron chi connectivity index (χ1n) is 5.36. The molecule has 0 bridgehead atoms. The van der Waals surface area contributed by atoms with Gasteiger partial charge in [-0.3, -0.25) is 0 Å². The summed E-state index contributed by atoms with van der Waals surface area (Å²) in [4.78, 5) is 0. The Bertz CT molecular complexity index is 162. The van der Waals surface area contributed by atoms with E-state index in [1.54, 1.807) is 0 Å². The van der Waals surface area contributed by atoms with Crippen LogP contribution in [0.4, 0.5) is 0 Å². The molecule has 0 aliphatic heterocycles. The van der Waals surface area contributed by atoms with Crippen LogP contribution in [-0.2, 0) is 0 Å². The molecule has 2 N–H and O–H groups in total. The van der Waals surface area contributed by atoms with Gasteiger partial charge < -0.3 is 10.4 Å². The zero-order valence-electron chi connectivity index (χ0n) is 9.30. The number of hydrogen-bond donors (Lipinski definition) is 2. The zero-order valence-corrected chi connectivity index (χ0v) is 9.30. The Balaban J connectivity index is 2.30. The van der Waals surface area contributed by atoms with E-state index in [0.717, 1.165) is 11.8 Å². The fourth-order valence-electron chi connectivity index (χ4n) is 2.03. The fourth-order valence-corrected chi connectivity index (χ4v) is 2.03. The van der Waals surface area contributed by atoms with E-state index in [-0.39, 0.29) is 0 Å². The average Bonchev–Trinajstić information content (AvgIpc) is 2.29. The largest absolute Gasteiger partial charge is 0.389 e. The second-order valence-electron chi connectivity index (χ2n) is 5.21. The Morgan fingerprint density at radius 1 is 1.31 bits per heavy atom. The van der Waals surface area contributed by atoms with E-state index < -0.39 is 5.60 Å². The molecule has 0 spiro atoms. The Hall–Kier alpha value is -0.0800. The van der Waals surface area contributed by atoms with Gasteiger partial charge in [-0.2, -0.15) is 0 Å². The van der Waals surface area contributed by atoms with Crippen molar-refractivity contribution in [2.24, 2.45) is 11.8 Å². The van der Waals surface area contributed by atoms with Crippen LogP contribution >= 0.6 is 0 Å². The maximum absolute atomic E-state index is 9.57. The summed E-state index contributed by atoms with van der Waals surface area (Å²) in [6.45, 7) is 9.02. The molecule has 0 saturated heterocycles. The van der Waals surface area contributed by atoms with Crippen LogP contribution in [0.25, 0.3) is 0 Å². The van der Waals surface area contributed by atoms with Gasteiger partial charge in [0, 0.05) is 12.6 Å². The Labute approximate surface area is 81.7 Å². The molecule has 0 aromatic heterocycles. The van der Waals surface area contributed by atoms with Gasteiger partial charge in [0.2, 0.25) is 0 Å². The molecule has 3 atom stereocenters. The van der Waals surface area contributed by atoms with Crippen LogP contribution in [0.2, 0.25) is 0 Å². The van der Waals surface area contributed by atoms with Crippen molar-refractivity contribution >= 4 is 0 Å². The highest BCUT2D eigenvalue weighted by Crippen LogP contribution is 2.31. The topological polar surface area (TPSA) is 32.3 Å². The summed E-state index contributed by atoms with van der Waals surface area (Å²) < 4.78 is 0. The monoisotopic (exact) mass is 185 g/mol. The molecule has 3 unspecified atom stereocenters. The van der Waals surface area contributed by atoms with Gasteiger partial charge in [0.1, 0.15) is 0 Å². The summed E-state index contributed by atoms with van der Waals surface area (Å²) in [5, 5.41) is 13.0. The van der Waals surface area contributed by atoms with Crippen LogP contribution in [0.1, 0.15) is 40.5 Å². The van der Waals surface area contributed by atoms with Crippen LogP contribution in [0, 0.1) is 11.8 Å². The molecule has 0 aromatic rings. The van der Waals surface area contributed by atoms with Gasteiger partial charge in [0.05, 0.1) is 5.60 Å². The molecule has 1 aliphatic rings. The third-order valence-corrected chi connectivity index (χ3v) is 3.26. The SMILES string of the molecule is CC1CCC(NCC(C)(C)O)C1C. The van der Waals surface area contributed by atoms with E-state index in [0.29, 0.717) is 12.6 Å². The number of hydrogen-bond acceptors (Lipinski definition) is 2. The lowest BCUT2D eigenvalue weighted by Gasteiger charge is -2.24. The molecule has 78 valence electrons. The number of rotatable bonds is 3. The van der Waals surface area contributed by atoms with Gasteiger partial charge >= 0.3 is 0 Å². The minimum absolute atomic E-state index is 0.578. The molecule has 0 amide bonds. The lowest BCUT2D eigenvalue weighted by molar-refractivity contribution is 0.0745. The molecule has 1 aliphatic carbocycles. The van der Waals surface area contributed by atoms with Gasteiger partial charge in [0.15, 0.2) is 0 Å². The first-order valence-corrected chi connectivity index (χ1v) is 5.36. The van der Waals surface area contributed by atoms with Crippen LogP contribution in [0.3, 0.4) is 0 Å². The molecule has 0 heterocycles. The second-order valence-corrected chi connectivity index (χ2v) is 5.21. The third-order valence-electron chi connectivity index (χ3n) is 3.26. The summed E-state index contributed by atoms with van der Waals surface area (Å²) in [5.74, 6) is 1.58. The molecule has 13 heavy (non-hydrogen) atoms. The molecular weight excluding hydrogens is 162 g/mol. The maximum Gasteiger partial charge on any atom is 0.0715 e. The first-order chi connectivity index (χ1) is 5.90. The predicted octanol–water partition coefficient (Wildman–Crippen LogP) is 1.78. The Kier molecular flexibility index (Phi) is 3.36. The van der Waals surface area contributed by atoms with Crippen LogP contribution in [0.15, 0.2) is 0 Å². The van der Waals surface area contributed by atoms with Crippen molar-refractivity contribution in [1.29, 1.82) is 0 Å². The van der Waals surface area contributed by atoms with Crippen molar-refractivity contribution in [3.8, 4) is 0 Å². The summed E-state index contributed by atoms with van der Waals surface area (Å²) in [7, 11) is 0. The van der Waals surface area contributed by atoms with E-state index in [1.165, 1.54) is 12.8 Å². The van der Waals surface area contributed by atoms with Gasteiger partial charge in [-0.25, -0.2) is 0 Å². The molecular formula is C11H23NO. The quantitative estimate of drug-likeness (QED) is 0.702. The van der Waals surface area contributed by atoms with E-state index in [1.807, 2.05) is 13.8 Å². The summed E-state index contributed by atoms with van der Waals surface area (Å²) >= 11 is 0. The molecule has 1 fully saturated rings. The van der Waals surface area contributed by atoms with Crippen molar-refractivity contribution in [2.45, 2.75) is 52.2 Å². The molecule has 2 heteroatoms. The summed E-state index contributed by atoms with van der Waals surface area (Å²) in [6.07, 6.45) is 2.59. The standard InChI is InChI=1S/C11H23NO/c1-8-5-6-10(9(8)2)12-7-11(3,4)13/h8-10,12-13H,5-7H2,1-4H3. The van der Waals surface area contributed by atoms with Gasteiger partial charge in [-0.05, 0) is 38.5 Å². The lowest BCUT2D eigenvalue weighted by atomic mass is 9.97. The number of nitrogens with one attached hydrogen (secondary N) is 1. The lowest BCUT2D eigenvalue weighted by Crippen LogP contribution is -2.42. The minimum Gasteiger partial charge on any atom is -0.389 e. The van der Waals surface area contributed by atoms with E-state index in [4.69, 9.17) is 0 Å². The summed E-state index contributed by atoms with van der Waals surface area (Å²) in [6, 6.07) is 0.612. The fraction of sp³-hybridized carbons (Fsp3) is 1.00. The Morgan fingerprint density at radius 3 is 2.31 bits per heavy atom. The smallest absolute Gasteiger partial charge is 0.0715 e. The van der Waals surface area contributed by atoms with E-state index in [2.05, 4.69) is 19.2 Å². The van der Waals surface area contributed by atoms with Gasteiger partial charge in [-0.15, -0.1) is 0 Å². The van der Waals surface area contributed by atoms with E-state index in [9.17, 15) is 5.11 Å². The molecule has 1 rings (SSSR count). The average molecular weight is 185 g/mol. The Morgan fingerprint density at radius 2 is 1.92 bits per heavy atom. The maximum atomic E-state index is 9.57. The van der Waals surface area contributed by atoms with Gasteiger partial charge in [0.25, 0.3) is 0 Å². The normalized spacial score (nSPS) is 35.3. The van der Waals surface area contributed by atoms with Crippen LogP contribution in [-0.4, -0.2) is 23.3 Å². The summed E-state index contributed by atoms with van der Waals surface area (Å²) in [5.41, 5.74) is -0.578. The molecule has 0 radical (unpaired) electrons. The van der Waals surface area contributed by atoms with Gasteiger partial charge in [-0.1, -0.05) is 13.8 Å². The first kappa shape index (κ1) is 11.0. The van der Waals surface area contributed by atoms with Crippen LogP contribution < -0.4 is 5.32 Å². The van der Waals surface area contributed by atoms with Crippen LogP contribution in [0.5, 0.6) is 0 Å². The second kappa shape index (κ2) is 3.97. The van der Waals surface area contributed by atoms with Crippen molar-refractivity contribution < 1.29 is 5.11 Å². The highest BCUT2D eigenvalue weighted by Gasteiger charge is 2.30. The molecule has 2 nitrogen and oxygen atoms in total. The zero-order chi connectivity index (χ0) is 10.1. The highest BCUT2D eigenvalue weighted by atomic mass is 16.3. The number of aliphatic hydroxyl groups is 1. The predicted molar refractivity (Wildman–Crippen MR) is 55.7 cm³/mol. The van der Waals surface area contributed by atoms with Crippen molar-refractivity contribution in [1.82, 2.24) is 5.32 Å². The van der Waals surface area contributed by atoms with Crippen molar-refractivity contribution in [2.75, 3.05) is 6.54 Å². The minimum atomic E-state index is -0.578. The highest BCUT2D eigenvalue weighted by molar-refractivity contribution is 4.86. The van der Waals surface area contributed by atoms with Crippen molar-refractivity contribution in [3.63, 3.8) is 0 Å². The molecule has 1 saturated carbocycles. The molecule has 0 aromatic carbocycles. The third kappa shape index (κ3) is 3.28.